The molecule has 1 spiro atoms. The molecule has 2 fully saturated rings. The van der Waals surface area contributed by atoms with Gasteiger partial charge < -0.3 is 4.90 Å². The van der Waals surface area contributed by atoms with E-state index < -0.39 is 10.0 Å². The van der Waals surface area contributed by atoms with Crippen molar-refractivity contribution in [3.8, 4) is 0 Å². The second-order valence-corrected chi connectivity index (χ2v) is 9.29. The lowest BCUT2D eigenvalue weighted by Crippen LogP contribution is -2.64. The highest BCUT2D eigenvalue weighted by molar-refractivity contribution is 7.89. The van der Waals surface area contributed by atoms with Crippen molar-refractivity contribution in [2.24, 2.45) is 0 Å². The number of piperazine rings is 1. The molecular weight excluding hydrogens is 324 g/mol. The van der Waals surface area contributed by atoms with Crippen LogP contribution in [0, 0.1) is 0 Å². The van der Waals surface area contributed by atoms with Crippen molar-refractivity contribution in [1.82, 2.24) is 19.1 Å². The van der Waals surface area contributed by atoms with E-state index in [-0.39, 0.29) is 11.3 Å². The third-order valence-corrected chi connectivity index (χ3v) is 7.51. The first-order chi connectivity index (χ1) is 11.4. The van der Waals surface area contributed by atoms with Crippen molar-refractivity contribution in [1.29, 1.82) is 0 Å². The standard InChI is InChI=1S/C17H28N4O2S/c1-19-12-13-20(2)17(15-19)6-10-21(11-7-17)24(22,23)14-5-16-3-8-18-9-4-16/h3-4,8-9H,5-7,10-15H2,1-2H3. The Morgan fingerprint density at radius 1 is 1.08 bits per heavy atom. The molecule has 0 aliphatic carbocycles. The van der Waals surface area contributed by atoms with E-state index in [0.717, 1.165) is 38.0 Å². The molecule has 3 rings (SSSR count). The van der Waals surface area contributed by atoms with Crippen molar-refractivity contribution in [3.63, 3.8) is 0 Å². The van der Waals surface area contributed by atoms with Crippen molar-refractivity contribution in [2.75, 3.05) is 52.6 Å². The van der Waals surface area contributed by atoms with Crippen LogP contribution in [0.5, 0.6) is 0 Å². The molecule has 0 atom stereocenters. The van der Waals surface area contributed by atoms with Gasteiger partial charge in [-0.1, -0.05) is 0 Å². The van der Waals surface area contributed by atoms with Gasteiger partial charge in [0, 0.05) is 50.7 Å². The van der Waals surface area contributed by atoms with Crippen LogP contribution in [0.25, 0.3) is 0 Å². The Kier molecular flexibility index (Phi) is 5.24. The van der Waals surface area contributed by atoms with Gasteiger partial charge in [0.15, 0.2) is 0 Å². The smallest absolute Gasteiger partial charge is 0.214 e. The van der Waals surface area contributed by atoms with Crippen molar-refractivity contribution in [3.05, 3.63) is 30.1 Å². The van der Waals surface area contributed by atoms with Gasteiger partial charge in [0.05, 0.1) is 5.75 Å². The number of hydrogen-bond acceptors (Lipinski definition) is 5. The minimum absolute atomic E-state index is 0.143. The summed E-state index contributed by atoms with van der Waals surface area (Å²) in [5.74, 6) is 0.180. The molecule has 2 aliphatic rings. The number of hydrogen-bond donors (Lipinski definition) is 0. The molecule has 1 aromatic rings. The van der Waals surface area contributed by atoms with Crippen molar-refractivity contribution >= 4 is 10.0 Å². The predicted octanol–water partition coefficient (Wildman–Crippen LogP) is 0.666. The Hall–Kier alpha value is -1.02. The highest BCUT2D eigenvalue weighted by Gasteiger charge is 2.43. The number of nitrogens with zero attached hydrogens (tertiary/aromatic N) is 4. The molecule has 1 aromatic heterocycles. The van der Waals surface area contributed by atoms with Gasteiger partial charge >= 0.3 is 0 Å². The normalized spacial score (nSPS) is 23.6. The van der Waals surface area contributed by atoms with E-state index in [1.54, 1.807) is 16.7 Å². The molecule has 0 aromatic carbocycles. The van der Waals surface area contributed by atoms with Gasteiger partial charge in [-0.2, -0.15) is 0 Å². The molecule has 0 radical (unpaired) electrons. The number of sulfonamides is 1. The first-order valence-electron chi connectivity index (χ1n) is 8.68. The second-order valence-electron chi connectivity index (χ2n) is 7.20. The molecule has 0 saturated carbocycles. The van der Waals surface area contributed by atoms with E-state index in [1.165, 1.54) is 0 Å². The van der Waals surface area contributed by atoms with E-state index in [1.807, 2.05) is 12.1 Å². The first kappa shape index (κ1) is 17.8. The average molecular weight is 353 g/mol. The zero-order chi connectivity index (χ0) is 17.2. The summed E-state index contributed by atoms with van der Waals surface area (Å²) in [5.41, 5.74) is 1.17. The topological polar surface area (TPSA) is 56.8 Å². The summed E-state index contributed by atoms with van der Waals surface area (Å²) in [5, 5.41) is 0. The number of aromatic nitrogens is 1. The predicted molar refractivity (Wildman–Crippen MR) is 95.4 cm³/mol. The molecule has 24 heavy (non-hydrogen) atoms. The number of likely N-dealkylation sites (N-methyl/N-ethyl adjacent to an activating group) is 2. The number of pyridine rings is 1. The summed E-state index contributed by atoms with van der Waals surface area (Å²) in [6.07, 6.45) is 5.81. The van der Waals surface area contributed by atoms with E-state index >= 15 is 0 Å². The Morgan fingerprint density at radius 2 is 1.75 bits per heavy atom. The van der Waals surface area contributed by atoms with Gasteiger partial charge in [0.1, 0.15) is 0 Å². The van der Waals surface area contributed by atoms with Crippen LogP contribution in [-0.2, 0) is 16.4 Å². The maximum Gasteiger partial charge on any atom is 0.214 e. The van der Waals surface area contributed by atoms with Gasteiger partial charge in [-0.25, -0.2) is 12.7 Å². The molecule has 3 heterocycles. The highest BCUT2D eigenvalue weighted by atomic mass is 32.2. The maximum atomic E-state index is 12.7. The van der Waals surface area contributed by atoms with Crippen molar-refractivity contribution < 1.29 is 8.42 Å². The largest absolute Gasteiger partial charge is 0.303 e. The lowest BCUT2D eigenvalue weighted by atomic mass is 9.84. The molecule has 0 bridgehead atoms. The van der Waals surface area contributed by atoms with Crippen LogP contribution in [0.2, 0.25) is 0 Å². The minimum atomic E-state index is -3.19. The number of aryl methyl sites for hydroxylation is 1. The summed E-state index contributed by atoms with van der Waals surface area (Å²) in [6, 6.07) is 3.76. The van der Waals surface area contributed by atoms with Gasteiger partial charge in [0.25, 0.3) is 0 Å². The Morgan fingerprint density at radius 3 is 2.42 bits per heavy atom. The fraction of sp³-hybridized carbons (Fsp3) is 0.706. The van der Waals surface area contributed by atoms with E-state index in [0.29, 0.717) is 19.5 Å². The van der Waals surface area contributed by atoms with E-state index in [4.69, 9.17) is 0 Å². The molecule has 0 N–H and O–H groups in total. The second kappa shape index (κ2) is 7.07. The summed E-state index contributed by atoms with van der Waals surface area (Å²) in [6.45, 7) is 4.46. The lowest BCUT2D eigenvalue weighted by molar-refractivity contribution is -0.00627. The van der Waals surface area contributed by atoms with E-state index in [9.17, 15) is 8.42 Å². The molecule has 2 saturated heterocycles. The van der Waals surface area contributed by atoms with Crippen LogP contribution in [0.1, 0.15) is 18.4 Å². The van der Waals surface area contributed by atoms with Crippen LogP contribution in [0.3, 0.4) is 0 Å². The molecule has 6 nitrogen and oxygen atoms in total. The van der Waals surface area contributed by atoms with Crippen LogP contribution in [-0.4, -0.2) is 85.6 Å². The third kappa shape index (κ3) is 3.79. The monoisotopic (exact) mass is 352 g/mol. The number of piperidine rings is 1. The van der Waals surface area contributed by atoms with Crippen LogP contribution < -0.4 is 0 Å². The number of rotatable bonds is 4. The fourth-order valence-electron chi connectivity index (χ4n) is 3.91. The molecular formula is C17H28N4O2S. The SMILES string of the molecule is CN1CCN(C)C2(CCN(S(=O)(=O)CCc3ccncc3)CC2)C1. The third-order valence-electron chi connectivity index (χ3n) is 5.64. The Balaban J connectivity index is 1.59. The molecule has 0 amide bonds. The van der Waals surface area contributed by atoms with Gasteiger partial charge in [0.2, 0.25) is 10.0 Å². The van der Waals surface area contributed by atoms with Gasteiger partial charge in [-0.15, -0.1) is 0 Å². The van der Waals surface area contributed by atoms with Gasteiger partial charge in [-0.05, 0) is 51.1 Å². The molecule has 134 valence electrons. The molecule has 0 unspecified atom stereocenters. The summed E-state index contributed by atoms with van der Waals surface area (Å²) < 4.78 is 27.0. The first-order valence-corrected chi connectivity index (χ1v) is 10.3. The summed E-state index contributed by atoms with van der Waals surface area (Å²) in [7, 11) is 1.15. The fourth-order valence-corrected chi connectivity index (χ4v) is 5.40. The van der Waals surface area contributed by atoms with E-state index in [2.05, 4.69) is 28.9 Å². The van der Waals surface area contributed by atoms with Crippen LogP contribution in [0.15, 0.2) is 24.5 Å². The zero-order valence-corrected chi connectivity index (χ0v) is 15.5. The molecule has 2 aliphatic heterocycles. The maximum absolute atomic E-state index is 12.7. The summed E-state index contributed by atoms with van der Waals surface area (Å²) in [4.78, 5) is 8.78. The molecule has 7 heteroatoms. The quantitative estimate of drug-likeness (QED) is 0.797. The zero-order valence-electron chi connectivity index (χ0n) is 14.7. The minimum Gasteiger partial charge on any atom is -0.303 e. The average Bonchev–Trinajstić information content (AvgIpc) is 2.58. The lowest BCUT2D eigenvalue weighted by Gasteiger charge is -2.52. The van der Waals surface area contributed by atoms with Crippen LogP contribution in [0.4, 0.5) is 0 Å². The summed E-state index contributed by atoms with van der Waals surface area (Å²) >= 11 is 0. The van der Waals surface area contributed by atoms with Gasteiger partial charge in [-0.3, -0.25) is 9.88 Å². The Labute approximate surface area is 145 Å². The van der Waals surface area contributed by atoms with Crippen LogP contribution >= 0.6 is 0 Å². The Bertz CT molecular complexity index is 642. The van der Waals surface area contributed by atoms with Crippen molar-refractivity contribution in [2.45, 2.75) is 24.8 Å². The highest BCUT2D eigenvalue weighted by Crippen LogP contribution is 2.32.